The third-order valence-corrected chi connectivity index (χ3v) is 5.62. The smallest absolute Gasteiger partial charge is 0.317 e. The van der Waals surface area contributed by atoms with E-state index in [-0.39, 0.29) is 12.1 Å². The molecule has 3 aromatic rings. The minimum absolute atomic E-state index is 0.0592. The maximum Gasteiger partial charge on any atom is 0.317 e. The average Bonchev–Trinajstić information content (AvgIpc) is 3.58. The molecule has 174 valence electrons. The molecule has 1 aromatic heterocycles. The highest BCUT2D eigenvalue weighted by atomic mass is 16.5. The van der Waals surface area contributed by atoms with Crippen molar-refractivity contribution >= 4 is 6.03 Å². The molecule has 1 heterocycles. The maximum absolute atomic E-state index is 13.0. The molecule has 0 bridgehead atoms. The van der Waals surface area contributed by atoms with Crippen molar-refractivity contribution in [1.29, 1.82) is 0 Å². The van der Waals surface area contributed by atoms with Crippen LogP contribution in [-0.4, -0.2) is 40.4 Å². The van der Waals surface area contributed by atoms with Crippen LogP contribution in [0.25, 0.3) is 5.69 Å². The number of methoxy groups -OCH3 is 1. The van der Waals surface area contributed by atoms with Crippen LogP contribution in [-0.2, 0) is 6.54 Å². The topological polar surface area (TPSA) is 68.6 Å². The number of rotatable bonds is 9. The quantitative estimate of drug-likeness (QED) is 0.482. The van der Waals surface area contributed by atoms with Gasteiger partial charge in [-0.3, -0.25) is 0 Å². The van der Waals surface area contributed by atoms with Crippen molar-refractivity contribution in [3.8, 4) is 23.1 Å². The van der Waals surface area contributed by atoms with Gasteiger partial charge in [0.1, 0.15) is 11.5 Å². The van der Waals surface area contributed by atoms with E-state index in [0.717, 1.165) is 23.5 Å². The number of amides is 2. The Labute approximate surface area is 195 Å². The summed E-state index contributed by atoms with van der Waals surface area (Å²) < 4.78 is 13.6. The second-order valence-corrected chi connectivity index (χ2v) is 8.83. The van der Waals surface area contributed by atoms with Gasteiger partial charge >= 0.3 is 6.03 Å². The number of para-hydroxylation sites is 1. The molecule has 4 rings (SSSR count). The molecule has 7 nitrogen and oxygen atoms in total. The summed E-state index contributed by atoms with van der Waals surface area (Å²) in [7, 11) is 1.63. The van der Waals surface area contributed by atoms with E-state index in [2.05, 4.69) is 5.32 Å². The number of hydrogen-bond donors (Lipinski definition) is 1. The highest BCUT2D eigenvalue weighted by molar-refractivity contribution is 5.74. The van der Waals surface area contributed by atoms with E-state index < -0.39 is 0 Å². The number of carbonyl (C=O) groups excluding carboxylic acids is 1. The van der Waals surface area contributed by atoms with E-state index in [1.165, 1.54) is 12.8 Å². The minimum atomic E-state index is -0.0592. The molecule has 1 aliphatic rings. The fraction of sp³-hybridized carbons (Fsp3) is 0.385. The lowest BCUT2D eigenvalue weighted by Gasteiger charge is -2.25. The fourth-order valence-electron chi connectivity index (χ4n) is 3.71. The van der Waals surface area contributed by atoms with Crippen molar-refractivity contribution in [2.45, 2.75) is 46.2 Å². The molecule has 0 atom stereocenters. The van der Waals surface area contributed by atoms with E-state index in [1.54, 1.807) is 11.8 Å². The molecular weight excluding hydrogens is 416 g/mol. The lowest BCUT2D eigenvalue weighted by atomic mass is 10.2. The number of hydrogen-bond acceptors (Lipinski definition) is 4. The Hall–Kier alpha value is -3.48. The molecule has 1 saturated carbocycles. The summed E-state index contributed by atoms with van der Waals surface area (Å²) in [5.41, 5.74) is 2.61. The number of benzene rings is 2. The van der Waals surface area contributed by atoms with E-state index in [0.29, 0.717) is 29.8 Å². The van der Waals surface area contributed by atoms with Crippen LogP contribution in [0.4, 0.5) is 4.79 Å². The van der Waals surface area contributed by atoms with Crippen LogP contribution < -0.4 is 14.8 Å². The van der Waals surface area contributed by atoms with Gasteiger partial charge in [-0.05, 0) is 63.8 Å². The molecule has 0 radical (unpaired) electrons. The molecule has 7 heteroatoms. The molecule has 0 unspecified atom stereocenters. The third kappa shape index (κ3) is 5.66. The van der Waals surface area contributed by atoms with Crippen molar-refractivity contribution in [1.82, 2.24) is 20.0 Å². The predicted octanol–water partition coefficient (Wildman–Crippen LogP) is 5.31. The van der Waals surface area contributed by atoms with Gasteiger partial charge in [-0.25, -0.2) is 9.48 Å². The number of aryl methyl sites for hydroxylation is 1. The standard InChI is InChI=1S/C26H32N4O3/c1-18(2)27-26(31)29(16-20-13-14-20)17-24-19(3)28-30(21-9-6-5-7-10-21)25(24)33-23-12-8-11-22(15-23)32-4/h5-12,15,18,20H,13-14,16-17H2,1-4H3,(H,27,31). The highest BCUT2D eigenvalue weighted by Gasteiger charge is 2.29. The van der Waals surface area contributed by atoms with Crippen LogP contribution in [0.2, 0.25) is 0 Å². The highest BCUT2D eigenvalue weighted by Crippen LogP contribution is 2.35. The molecule has 0 aliphatic heterocycles. The second kappa shape index (κ2) is 9.98. The van der Waals surface area contributed by atoms with Crippen LogP contribution in [0.3, 0.4) is 0 Å². The van der Waals surface area contributed by atoms with Crippen LogP contribution in [0.1, 0.15) is 37.9 Å². The van der Waals surface area contributed by atoms with Crippen molar-refractivity contribution in [3.05, 3.63) is 65.9 Å². The normalized spacial score (nSPS) is 13.1. The Morgan fingerprint density at radius 1 is 1.15 bits per heavy atom. The molecule has 1 fully saturated rings. The Balaban J connectivity index is 1.72. The number of carbonyl (C=O) groups is 1. The number of aromatic nitrogens is 2. The molecule has 2 aromatic carbocycles. The van der Waals surface area contributed by atoms with Gasteiger partial charge in [0.25, 0.3) is 0 Å². The predicted molar refractivity (Wildman–Crippen MR) is 128 cm³/mol. The van der Waals surface area contributed by atoms with Gasteiger partial charge in [-0.15, -0.1) is 0 Å². The lowest BCUT2D eigenvalue weighted by Crippen LogP contribution is -2.43. The van der Waals surface area contributed by atoms with E-state index in [1.807, 2.05) is 80.3 Å². The number of nitrogens with zero attached hydrogens (tertiary/aromatic N) is 3. The third-order valence-electron chi connectivity index (χ3n) is 5.62. The minimum Gasteiger partial charge on any atom is -0.497 e. The summed E-state index contributed by atoms with van der Waals surface area (Å²) in [5.74, 6) is 2.52. The Morgan fingerprint density at radius 2 is 1.88 bits per heavy atom. The van der Waals surface area contributed by atoms with Crippen molar-refractivity contribution in [2.24, 2.45) is 5.92 Å². The lowest BCUT2D eigenvalue weighted by molar-refractivity contribution is 0.189. The first-order valence-corrected chi connectivity index (χ1v) is 11.5. The monoisotopic (exact) mass is 448 g/mol. The second-order valence-electron chi connectivity index (χ2n) is 8.83. The van der Waals surface area contributed by atoms with Gasteiger partial charge in [0.2, 0.25) is 5.88 Å². The molecule has 1 N–H and O–H groups in total. The van der Waals surface area contributed by atoms with E-state index >= 15 is 0 Å². The van der Waals surface area contributed by atoms with Crippen molar-refractivity contribution in [2.75, 3.05) is 13.7 Å². The van der Waals surface area contributed by atoms with Crippen LogP contribution in [0.5, 0.6) is 17.4 Å². The number of nitrogens with one attached hydrogen (secondary N) is 1. The zero-order chi connectivity index (χ0) is 23.4. The van der Waals surface area contributed by atoms with Crippen LogP contribution in [0.15, 0.2) is 54.6 Å². The van der Waals surface area contributed by atoms with Gasteiger partial charge in [0, 0.05) is 18.7 Å². The zero-order valence-electron chi connectivity index (χ0n) is 19.7. The number of ether oxygens (including phenoxy) is 2. The average molecular weight is 449 g/mol. The van der Waals surface area contributed by atoms with Gasteiger partial charge in [-0.2, -0.15) is 5.10 Å². The van der Waals surface area contributed by atoms with E-state index in [4.69, 9.17) is 14.6 Å². The summed E-state index contributed by atoms with van der Waals surface area (Å²) in [6.07, 6.45) is 2.34. The molecule has 0 spiro atoms. The SMILES string of the molecule is COc1cccc(Oc2c(CN(CC3CC3)C(=O)NC(C)C)c(C)nn2-c2ccccc2)c1. The first-order valence-electron chi connectivity index (χ1n) is 11.5. The van der Waals surface area contributed by atoms with E-state index in [9.17, 15) is 4.79 Å². The molecule has 33 heavy (non-hydrogen) atoms. The van der Waals surface area contributed by atoms with Gasteiger partial charge in [0.05, 0.1) is 30.6 Å². The van der Waals surface area contributed by atoms with Crippen LogP contribution in [0, 0.1) is 12.8 Å². The van der Waals surface area contributed by atoms with Crippen molar-refractivity contribution in [3.63, 3.8) is 0 Å². The summed E-state index contributed by atoms with van der Waals surface area (Å²) >= 11 is 0. The Bertz CT molecular complexity index is 1090. The van der Waals surface area contributed by atoms with Crippen LogP contribution >= 0.6 is 0 Å². The molecule has 1 aliphatic carbocycles. The summed E-state index contributed by atoms with van der Waals surface area (Å²) in [5, 5.41) is 7.83. The fourth-order valence-corrected chi connectivity index (χ4v) is 3.71. The summed E-state index contributed by atoms with van der Waals surface area (Å²) in [4.78, 5) is 14.9. The number of urea groups is 1. The Morgan fingerprint density at radius 3 is 2.55 bits per heavy atom. The first-order chi connectivity index (χ1) is 15.9. The molecule has 2 amide bonds. The largest absolute Gasteiger partial charge is 0.497 e. The van der Waals surface area contributed by atoms with Gasteiger partial charge in [-0.1, -0.05) is 24.3 Å². The Kier molecular flexibility index (Phi) is 6.87. The van der Waals surface area contributed by atoms with Crippen molar-refractivity contribution < 1.29 is 14.3 Å². The summed E-state index contributed by atoms with van der Waals surface area (Å²) in [6, 6.07) is 17.4. The summed E-state index contributed by atoms with van der Waals surface area (Å²) in [6.45, 7) is 7.06. The molecule has 0 saturated heterocycles. The molecular formula is C26H32N4O3. The van der Waals surface area contributed by atoms with Gasteiger partial charge in [0.15, 0.2) is 0 Å². The first kappa shape index (κ1) is 22.7. The van der Waals surface area contributed by atoms with Gasteiger partial charge < -0.3 is 19.7 Å². The maximum atomic E-state index is 13.0. The zero-order valence-corrected chi connectivity index (χ0v) is 19.7.